The van der Waals surface area contributed by atoms with Crippen LogP contribution in [-0.4, -0.2) is 152 Å². The van der Waals surface area contributed by atoms with Crippen molar-refractivity contribution in [2.24, 2.45) is 17.8 Å². The molecule has 0 saturated carbocycles. The minimum absolute atomic E-state index is 0.00820. The highest BCUT2D eigenvalue weighted by Gasteiger charge is 2.42. The predicted molar refractivity (Wildman–Crippen MR) is 230 cm³/mol. The Morgan fingerprint density at radius 2 is 1.59 bits per heavy atom. The van der Waals surface area contributed by atoms with E-state index >= 15 is 0 Å². The Hall–Kier alpha value is -3.40. The minimum atomic E-state index is -2.27. The Morgan fingerprint density at radius 3 is 2.12 bits per heavy atom. The van der Waals surface area contributed by atoms with Crippen molar-refractivity contribution in [2.45, 2.75) is 123 Å². The number of esters is 1. The number of likely N-dealkylation sites (N-methyl/N-ethyl adjacent to an activating group) is 2. The fourth-order valence-corrected chi connectivity index (χ4v) is 9.11. The van der Waals surface area contributed by atoms with Crippen LogP contribution in [-0.2, 0) is 48.1 Å². The number of amides is 4. The first-order chi connectivity index (χ1) is 27.2. The highest BCUT2D eigenvalue weighted by atomic mass is 32.2. The molecule has 1 unspecified atom stereocenters. The van der Waals surface area contributed by atoms with Crippen molar-refractivity contribution in [3.05, 3.63) is 35.9 Å². The van der Waals surface area contributed by atoms with Gasteiger partial charge in [-0.1, -0.05) is 71.4 Å². The summed E-state index contributed by atoms with van der Waals surface area (Å²) in [7, 11) is 6.17. The predicted octanol–water partition coefficient (Wildman–Crippen LogP) is 3.45. The second kappa shape index (κ2) is 24.0. The van der Waals surface area contributed by atoms with Crippen molar-refractivity contribution in [1.82, 2.24) is 25.3 Å². The van der Waals surface area contributed by atoms with Crippen molar-refractivity contribution in [3.63, 3.8) is 0 Å². The molecule has 14 nitrogen and oxygen atoms in total. The van der Waals surface area contributed by atoms with Crippen LogP contribution in [0.4, 0.5) is 0 Å². The zero-order chi connectivity index (χ0) is 43.9. The smallest absolute Gasteiger partial charge is 0.306 e. The van der Waals surface area contributed by atoms with Crippen molar-refractivity contribution in [1.29, 1.82) is 0 Å². The highest BCUT2D eigenvalue weighted by Crippen LogP contribution is 2.30. The number of ether oxygens (including phenoxy) is 3. The molecule has 0 bridgehead atoms. The highest BCUT2D eigenvalue weighted by molar-refractivity contribution is 8.01. The van der Waals surface area contributed by atoms with E-state index in [4.69, 9.17) is 14.2 Å². The third-order valence-electron chi connectivity index (χ3n) is 11.5. The summed E-state index contributed by atoms with van der Waals surface area (Å²) >= 11 is 0. The van der Waals surface area contributed by atoms with Gasteiger partial charge in [0.2, 0.25) is 23.6 Å². The number of methoxy groups -OCH3 is 2. The first-order valence-electron chi connectivity index (χ1n) is 20.8. The molecular weight excluding hydrogens is 763 g/mol. The third-order valence-corrected chi connectivity index (χ3v) is 12.9. The Bertz CT molecular complexity index is 1510. The van der Waals surface area contributed by atoms with Gasteiger partial charge in [-0.2, -0.15) is 0 Å². The average Bonchev–Trinajstić information content (AvgIpc) is 3.64. The number of hydrogen-bond donors (Lipinski definition) is 3. The quantitative estimate of drug-likeness (QED) is 0.104. The van der Waals surface area contributed by atoms with E-state index in [2.05, 4.69) is 10.6 Å². The molecule has 2 N–H and O–H groups in total. The summed E-state index contributed by atoms with van der Waals surface area (Å²) in [5, 5.41) is 5.85. The van der Waals surface area contributed by atoms with Crippen molar-refractivity contribution < 1.29 is 42.4 Å². The molecule has 1 aromatic carbocycles. The molecule has 1 aromatic rings. The van der Waals surface area contributed by atoms with Crippen molar-refractivity contribution in [2.75, 3.05) is 66.7 Å². The molecule has 0 spiro atoms. The molecule has 332 valence electrons. The first-order valence-corrected chi connectivity index (χ1v) is 23.6. The molecule has 9 atom stereocenters. The van der Waals surface area contributed by atoms with Crippen LogP contribution in [0, 0.1) is 17.8 Å². The summed E-state index contributed by atoms with van der Waals surface area (Å²) < 4.78 is 30.0. The number of hydrogen-bond acceptors (Lipinski definition) is 10. The van der Waals surface area contributed by atoms with E-state index in [9.17, 15) is 28.2 Å². The largest absolute Gasteiger partial charge is 0.455 e. The number of likely N-dealkylation sites (tertiary alicyclic amines) is 1. The summed E-state index contributed by atoms with van der Waals surface area (Å²) in [6.07, 6.45) is 4.04. The van der Waals surface area contributed by atoms with E-state index in [1.807, 2.05) is 77.0 Å². The van der Waals surface area contributed by atoms with Crippen molar-refractivity contribution in [3.8, 4) is 0 Å². The van der Waals surface area contributed by atoms with Gasteiger partial charge in [-0.25, -0.2) is 0 Å². The summed E-state index contributed by atoms with van der Waals surface area (Å²) in [6.45, 7) is 11.8. The molecule has 15 heteroatoms. The number of thiol groups is 1. The van der Waals surface area contributed by atoms with Crippen molar-refractivity contribution >= 4 is 39.5 Å². The molecule has 0 radical (unpaired) electrons. The molecule has 1 saturated heterocycles. The van der Waals surface area contributed by atoms with Crippen LogP contribution < -0.4 is 10.6 Å². The lowest BCUT2D eigenvalue weighted by atomic mass is 9.90. The van der Waals surface area contributed by atoms with E-state index in [0.29, 0.717) is 25.1 Å². The average molecular weight is 838 g/mol. The van der Waals surface area contributed by atoms with Crippen LogP contribution in [0.15, 0.2) is 30.3 Å². The molecular formula is C43H75N5O9S. The lowest BCUT2D eigenvalue weighted by Gasteiger charge is -2.39. The van der Waals surface area contributed by atoms with E-state index in [-0.39, 0.29) is 66.9 Å². The Labute approximate surface area is 349 Å². The fourth-order valence-electron chi connectivity index (χ4n) is 8.19. The van der Waals surface area contributed by atoms with Gasteiger partial charge in [0.15, 0.2) is 0 Å². The maximum Gasteiger partial charge on any atom is 0.306 e. The van der Waals surface area contributed by atoms with Gasteiger partial charge in [0, 0.05) is 40.0 Å². The van der Waals surface area contributed by atoms with Gasteiger partial charge < -0.3 is 34.6 Å². The number of nitrogens with one attached hydrogen (secondary N) is 2. The molecule has 2 rings (SSSR count). The fraction of sp³-hybridized carbons (Fsp3) is 0.744. The van der Waals surface area contributed by atoms with E-state index in [0.717, 1.165) is 18.4 Å². The molecule has 1 aliphatic rings. The van der Waals surface area contributed by atoms with Gasteiger partial charge in [0.25, 0.3) is 0 Å². The Balaban J connectivity index is 2.20. The number of rotatable bonds is 24. The normalized spacial score (nSPS) is 19.0. The zero-order valence-electron chi connectivity index (χ0n) is 37.5. The van der Waals surface area contributed by atoms with Gasteiger partial charge >= 0.3 is 5.97 Å². The second-order valence-corrected chi connectivity index (χ2v) is 20.6. The van der Waals surface area contributed by atoms with E-state index < -0.39 is 52.2 Å². The second-order valence-electron chi connectivity index (χ2n) is 17.0. The first kappa shape index (κ1) is 50.7. The van der Waals surface area contributed by atoms with Gasteiger partial charge in [-0.15, -0.1) is 9.93 Å². The SMILES string of the molecule is CC[C@H](C)[C@@H]([C@@H](CC(=O)N1CCC[C@H]1[C@H](OC)[C@@H](C)C(=O)N[C@H](C)[C@@H](OC(=O)CCC[SH](C)(C)=O)c1ccccc1)OC)N(C)C(=O)CNC(=O)C(C(C)C)N(C)C. The lowest BCUT2D eigenvalue weighted by molar-refractivity contribution is -0.152. The monoisotopic (exact) mass is 838 g/mol. The number of benzene rings is 1. The Morgan fingerprint density at radius 1 is 0.948 bits per heavy atom. The lowest BCUT2D eigenvalue weighted by Crippen LogP contribution is -2.55. The summed E-state index contributed by atoms with van der Waals surface area (Å²) in [5.41, 5.74) is 0.730. The molecule has 4 amide bonds. The van der Waals surface area contributed by atoms with Crippen LogP contribution in [0.1, 0.15) is 91.7 Å². The van der Waals surface area contributed by atoms with E-state index in [1.54, 1.807) is 50.3 Å². The van der Waals surface area contributed by atoms with Gasteiger partial charge in [-0.05, 0) is 70.2 Å². The van der Waals surface area contributed by atoms with Gasteiger partial charge in [0.1, 0.15) is 6.10 Å². The van der Waals surface area contributed by atoms with Crippen LogP contribution in [0.25, 0.3) is 0 Å². The van der Waals surface area contributed by atoms with Gasteiger partial charge in [-0.3, -0.25) is 33.1 Å². The van der Waals surface area contributed by atoms with Crippen LogP contribution in [0.2, 0.25) is 0 Å². The summed E-state index contributed by atoms with van der Waals surface area (Å²) in [4.78, 5) is 72.7. The molecule has 1 heterocycles. The maximum atomic E-state index is 14.2. The number of carbonyl (C=O) groups is 5. The standard InChI is InChI=1S/C43H75N5O9S/c1-14-29(4)39(47(9)36(50)27-44-43(53)38(28(2)3)46(7)8)34(55-10)26-35(49)48-24-18-22-33(48)40(56-11)30(5)42(52)45-31(6)41(32-20-16-15-17-21-32)57-37(51)23-19-25-58(12,13)54/h15-17,20-21,28-31,33-34,38-41,58H,14,18-19,22-27H2,1-13H3,(H,44,53)(H,45,52)/t29-,30+,31+,33-,34+,38?,39-,40+,41+/m0/s1. The van der Waals surface area contributed by atoms with E-state index in [1.165, 1.54) is 7.11 Å². The molecule has 58 heavy (non-hydrogen) atoms. The molecule has 1 fully saturated rings. The number of nitrogens with zero attached hydrogens (tertiary/aromatic N) is 3. The molecule has 0 aromatic heterocycles. The zero-order valence-corrected chi connectivity index (χ0v) is 38.4. The van der Waals surface area contributed by atoms with Gasteiger partial charge in [0.05, 0.1) is 55.3 Å². The molecule has 1 aliphatic heterocycles. The molecule has 0 aliphatic carbocycles. The maximum absolute atomic E-state index is 14.2. The van der Waals surface area contributed by atoms with Crippen LogP contribution >= 0.6 is 0 Å². The third kappa shape index (κ3) is 15.0. The summed E-state index contributed by atoms with van der Waals surface area (Å²) in [5.74, 6) is -1.61. The summed E-state index contributed by atoms with van der Waals surface area (Å²) in [6, 6.07) is 7.42. The van der Waals surface area contributed by atoms with Crippen LogP contribution in [0.5, 0.6) is 0 Å². The number of carbonyl (C=O) groups excluding carboxylic acids is 5. The Kier molecular flexibility index (Phi) is 21.0. The topological polar surface area (TPSA) is 164 Å². The minimum Gasteiger partial charge on any atom is -0.455 e. The van der Waals surface area contributed by atoms with Crippen LogP contribution in [0.3, 0.4) is 0 Å².